The largest absolute Gasteiger partial charge is 0.297 e. The summed E-state index contributed by atoms with van der Waals surface area (Å²) >= 11 is 5.72. The standard InChI is InChI=1S/C18H17ClN2/c1-13-17(21-19)12-16-9-5-8-15(18(16)20-13)11-10-14-6-3-2-4-7-14/h2-9,12,21H,10-11H2,1H3. The lowest BCUT2D eigenvalue weighted by molar-refractivity contribution is 0.964. The van der Waals surface area contributed by atoms with Crippen molar-refractivity contribution in [2.45, 2.75) is 19.8 Å². The van der Waals surface area contributed by atoms with Gasteiger partial charge in [-0.15, -0.1) is 0 Å². The molecule has 1 aromatic heterocycles. The number of anilines is 1. The molecule has 21 heavy (non-hydrogen) atoms. The van der Waals surface area contributed by atoms with E-state index in [1.54, 1.807) is 0 Å². The molecule has 1 heterocycles. The van der Waals surface area contributed by atoms with Crippen LogP contribution in [0.3, 0.4) is 0 Å². The monoisotopic (exact) mass is 296 g/mol. The predicted octanol–water partition coefficient (Wildman–Crippen LogP) is 4.89. The Labute approximate surface area is 129 Å². The highest BCUT2D eigenvalue weighted by molar-refractivity contribution is 6.24. The van der Waals surface area contributed by atoms with Crippen molar-refractivity contribution in [1.29, 1.82) is 0 Å². The van der Waals surface area contributed by atoms with Crippen LogP contribution in [-0.4, -0.2) is 4.98 Å². The van der Waals surface area contributed by atoms with Crippen molar-refractivity contribution in [3.63, 3.8) is 0 Å². The van der Waals surface area contributed by atoms with Gasteiger partial charge in [0.2, 0.25) is 0 Å². The number of benzene rings is 2. The molecule has 1 N–H and O–H groups in total. The van der Waals surface area contributed by atoms with Crippen molar-refractivity contribution in [1.82, 2.24) is 4.98 Å². The van der Waals surface area contributed by atoms with E-state index in [0.29, 0.717) is 0 Å². The molecule has 0 aliphatic carbocycles. The Morgan fingerprint density at radius 3 is 2.57 bits per heavy atom. The van der Waals surface area contributed by atoms with Crippen LogP contribution in [0, 0.1) is 6.92 Å². The minimum absolute atomic E-state index is 0.865. The number of aryl methyl sites for hydroxylation is 3. The van der Waals surface area contributed by atoms with Crippen LogP contribution in [0.5, 0.6) is 0 Å². The third kappa shape index (κ3) is 3.01. The molecule has 0 spiro atoms. The van der Waals surface area contributed by atoms with E-state index in [1.165, 1.54) is 11.1 Å². The maximum Gasteiger partial charge on any atom is 0.0738 e. The second-order valence-corrected chi connectivity index (χ2v) is 5.38. The van der Waals surface area contributed by atoms with E-state index < -0.39 is 0 Å². The predicted molar refractivity (Wildman–Crippen MR) is 89.8 cm³/mol. The number of nitrogens with zero attached hydrogens (tertiary/aromatic N) is 1. The number of fused-ring (bicyclic) bond motifs is 1. The summed E-state index contributed by atoms with van der Waals surface area (Å²) in [7, 11) is 0. The zero-order valence-electron chi connectivity index (χ0n) is 11.9. The van der Waals surface area contributed by atoms with Gasteiger partial charge in [0.15, 0.2) is 0 Å². The molecular formula is C18H17ClN2. The van der Waals surface area contributed by atoms with Gasteiger partial charge in [0.1, 0.15) is 0 Å². The fourth-order valence-electron chi connectivity index (χ4n) is 2.57. The Kier molecular flexibility index (Phi) is 4.07. The van der Waals surface area contributed by atoms with Crippen LogP contribution >= 0.6 is 11.8 Å². The van der Waals surface area contributed by atoms with Crippen LogP contribution in [0.25, 0.3) is 10.9 Å². The van der Waals surface area contributed by atoms with E-state index in [9.17, 15) is 0 Å². The average Bonchev–Trinajstić information content (AvgIpc) is 2.53. The summed E-state index contributed by atoms with van der Waals surface area (Å²) in [4.78, 5) is 7.39. The second kappa shape index (κ2) is 6.15. The quantitative estimate of drug-likeness (QED) is 0.693. The van der Waals surface area contributed by atoms with E-state index in [1.807, 2.05) is 13.0 Å². The summed E-state index contributed by atoms with van der Waals surface area (Å²) in [6.07, 6.45) is 2.01. The molecule has 0 saturated carbocycles. The molecule has 0 aliphatic heterocycles. The number of aromatic nitrogens is 1. The smallest absolute Gasteiger partial charge is 0.0738 e. The van der Waals surface area contributed by atoms with Crippen LogP contribution in [0.15, 0.2) is 54.6 Å². The van der Waals surface area contributed by atoms with Crippen LogP contribution in [0.1, 0.15) is 16.8 Å². The molecule has 0 radical (unpaired) electrons. The van der Waals surface area contributed by atoms with Crippen LogP contribution in [0.4, 0.5) is 5.69 Å². The minimum Gasteiger partial charge on any atom is -0.297 e. The molecule has 106 valence electrons. The first-order valence-electron chi connectivity index (χ1n) is 7.08. The Morgan fingerprint density at radius 2 is 1.81 bits per heavy atom. The summed E-state index contributed by atoms with van der Waals surface area (Å²) in [5.74, 6) is 0. The summed E-state index contributed by atoms with van der Waals surface area (Å²) in [5.41, 5.74) is 5.49. The number of hydrogen-bond acceptors (Lipinski definition) is 2. The number of rotatable bonds is 4. The van der Waals surface area contributed by atoms with Gasteiger partial charge in [-0.25, -0.2) is 0 Å². The SMILES string of the molecule is Cc1nc2c(CCc3ccccc3)cccc2cc1NCl. The van der Waals surface area contributed by atoms with Crippen molar-refractivity contribution < 1.29 is 0 Å². The highest BCUT2D eigenvalue weighted by Crippen LogP contribution is 2.24. The van der Waals surface area contributed by atoms with Gasteiger partial charge >= 0.3 is 0 Å². The summed E-state index contributed by atoms with van der Waals surface area (Å²) in [6, 6.07) is 18.9. The zero-order chi connectivity index (χ0) is 14.7. The molecule has 0 bridgehead atoms. The first-order valence-corrected chi connectivity index (χ1v) is 7.45. The summed E-state index contributed by atoms with van der Waals surface area (Å²) in [5, 5.41) is 1.12. The van der Waals surface area contributed by atoms with E-state index in [0.717, 1.165) is 35.1 Å². The third-order valence-corrected chi connectivity index (χ3v) is 3.95. The van der Waals surface area contributed by atoms with Crippen molar-refractivity contribution >= 4 is 28.4 Å². The molecule has 3 rings (SSSR count). The Bertz CT molecular complexity index is 754. The lowest BCUT2D eigenvalue weighted by Crippen LogP contribution is -1.97. The van der Waals surface area contributed by atoms with Gasteiger partial charge in [0.05, 0.1) is 16.9 Å². The molecule has 0 amide bonds. The summed E-state index contributed by atoms with van der Waals surface area (Å²) < 4.78 is 0. The fourth-order valence-corrected chi connectivity index (χ4v) is 2.76. The van der Waals surface area contributed by atoms with E-state index in [4.69, 9.17) is 16.8 Å². The Hall–Kier alpha value is -2.06. The molecule has 2 nitrogen and oxygen atoms in total. The van der Waals surface area contributed by atoms with Gasteiger partial charge in [-0.2, -0.15) is 0 Å². The van der Waals surface area contributed by atoms with E-state index in [2.05, 4.69) is 53.4 Å². The molecule has 0 fully saturated rings. The van der Waals surface area contributed by atoms with Crippen LogP contribution in [0.2, 0.25) is 0 Å². The minimum atomic E-state index is 0.865. The van der Waals surface area contributed by atoms with Crippen molar-refractivity contribution in [3.05, 3.63) is 71.4 Å². The molecule has 2 aromatic carbocycles. The first kappa shape index (κ1) is 13.9. The van der Waals surface area contributed by atoms with Gasteiger partial charge in [0, 0.05) is 17.2 Å². The van der Waals surface area contributed by atoms with Gasteiger partial charge < -0.3 is 0 Å². The molecule has 3 heteroatoms. The number of para-hydroxylation sites is 1. The summed E-state index contributed by atoms with van der Waals surface area (Å²) in [6.45, 7) is 1.97. The maximum absolute atomic E-state index is 5.72. The van der Waals surface area contributed by atoms with E-state index >= 15 is 0 Å². The van der Waals surface area contributed by atoms with Crippen LogP contribution in [-0.2, 0) is 12.8 Å². The van der Waals surface area contributed by atoms with Gasteiger partial charge in [-0.3, -0.25) is 9.82 Å². The highest BCUT2D eigenvalue weighted by atomic mass is 35.5. The molecule has 0 aliphatic rings. The highest BCUT2D eigenvalue weighted by Gasteiger charge is 2.07. The molecule has 0 saturated heterocycles. The topological polar surface area (TPSA) is 24.9 Å². The molecule has 3 aromatic rings. The van der Waals surface area contributed by atoms with Crippen molar-refractivity contribution in [2.75, 3.05) is 4.84 Å². The maximum atomic E-state index is 5.72. The van der Waals surface area contributed by atoms with Crippen LogP contribution < -0.4 is 4.84 Å². The Balaban J connectivity index is 1.93. The first-order chi connectivity index (χ1) is 10.3. The van der Waals surface area contributed by atoms with Gasteiger partial charge in [0.25, 0.3) is 0 Å². The normalized spacial score (nSPS) is 10.8. The van der Waals surface area contributed by atoms with E-state index in [-0.39, 0.29) is 0 Å². The van der Waals surface area contributed by atoms with Crippen molar-refractivity contribution in [2.24, 2.45) is 0 Å². The van der Waals surface area contributed by atoms with Crippen molar-refractivity contribution in [3.8, 4) is 0 Å². The fraction of sp³-hybridized carbons (Fsp3) is 0.167. The molecular weight excluding hydrogens is 280 g/mol. The number of nitrogens with one attached hydrogen (secondary N) is 1. The number of pyridine rings is 1. The molecule has 0 atom stereocenters. The zero-order valence-corrected chi connectivity index (χ0v) is 12.7. The molecule has 0 unspecified atom stereocenters. The third-order valence-electron chi connectivity index (χ3n) is 3.75. The number of halogens is 1. The lowest BCUT2D eigenvalue weighted by Gasteiger charge is -2.09. The van der Waals surface area contributed by atoms with Gasteiger partial charge in [-0.1, -0.05) is 48.5 Å². The second-order valence-electron chi connectivity index (χ2n) is 5.19. The van der Waals surface area contributed by atoms with Gasteiger partial charge in [-0.05, 0) is 37.0 Å². The average molecular weight is 297 g/mol. The Morgan fingerprint density at radius 1 is 1.00 bits per heavy atom. The lowest BCUT2D eigenvalue weighted by atomic mass is 10.0. The number of hydrogen-bond donors (Lipinski definition) is 1.